The Bertz CT molecular complexity index is 662. The van der Waals surface area contributed by atoms with Crippen LogP contribution in [0, 0.1) is 12.8 Å². The molecule has 0 saturated carbocycles. The summed E-state index contributed by atoms with van der Waals surface area (Å²) in [6.07, 6.45) is 2.56. The lowest BCUT2D eigenvalue weighted by atomic mass is 9.96. The number of likely N-dealkylation sites (tertiary alicyclic amines) is 1. The maximum Gasteiger partial charge on any atom is 0.223 e. The number of anilines is 1. The van der Waals surface area contributed by atoms with Crippen molar-refractivity contribution >= 4 is 17.5 Å². The minimum absolute atomic E-state index is 0.0634. The molecule has 1 aromatic carbocycles. The van der Waals surface area contributed by atoms with Gasteiger partial charge in [-0.1, -0.05) is 12.1 Å². The van der Waals surface area contributed by atoms with Gasteiger partial charge in [-0.3, -0.25) is 14.5 Å². The summed E-state index contributed by atoms with van der Waals surface area (Å²) >= 11 is 0. The zero-order valence-corrected chi connectivity index (χ0v) is 17.3. The standard InChI is InChI=1S/C22H34N4O2/c1-18-5-3-6-21(17-18)26-15-13-24(14-16-26)10-4-9-23-22(28)20-7-11-25(12-8-20)19(2)27/h3,5-6,17,20H,4,7-16H2,1-2H3,(H,23,28). The van der Waals surface area contributed by atoms with Crippen LogP contribution < -0.4 is 10.2 Å². The molecule has 3 rings (SSSR count). The number of piperazine rings is 1. The first-order valence-electron chi connectivity index (χ1n) is 10.6. The second-order valence-electron chi connectivity index (χ2n) is 8.09. The van der Waals surface area contributed by atoms with Gasteiger partial charge < -0.3 is 15.1 Å². The molecule has 0 aliphatic carbocycles. The molecule has 28 heavy (non-hydrogen) atoms. The summed E-state index contributed by atoms with van der Waals surface area (Å²) in [4.78, 5) is 30.5. The maximum absolute atomic E-state index is 12.3. The summed E-state index contributed by atoms with van der Waals surface area (Å²) in [5.41, 5.74) is 2.63. The van der Waals surface area contributed by atoms with Gasteiger partial charge in [-0.25, -0.2) is 0 Å². The smallest absolute Gasteiger partial charge is 0.223 e. The molecule has 1 N–H and O–H groups in total. The normalized spacial score (nSPS) is 18.9. The van der Waals surface area contributed by atoms with Crippen molar-refractivity contribution in [2.45, 2.75) is 33.1 Å². The van der Waals surface area contributed by atoms with Crippen LogP contribution in [0.25, 0.3) is 0 Å². The molecular formula is C22H34N4O2. The number of nitrogens with zero attached hydrogens (tertiary/aromatic N) is 3. The number of hydrogen-bond acceptors (Lipinski definition) is 4. The van der Waals surface area contributed by atoms with Crippen molar-refractivity contribution in [2.75, 3.05) is 57.3 Å². The minimum atomic E-state index is 0.0634. The average Bonchev–Trinajstić information content (AvgIpc) is 2.71. The Kier molecular flexibility index (Phi) is 7.31. The third kappa shape index (κ3) is 5.71. The molecule has 0 bridgehead atoms. The second-order valence-corrected chi connectivity index (χ2v) is 8.09. The van der Waals surface area contributed by atoms with Crippen molar-refractivity contribution in [2.24, 2.45) is 5.92 Å². The Morgan fingerprint density at radius 3 is 2.43 bits per heavy atom. The highest BCUT2D eigenvalue weighted by atomic mass is 16.2. The zero-order chi connectivity index (χ0) is 19.9. The monoisotopic (exact) mass is 386 g/mol. The molecule has 1 aromatic rings. The average molecular weight is 387 g/mol. The van der Waals surface area contributed by atoms with Crippen LogP contribution in [-0.2, 0) is 9.59 Å². The first kappa shape index (κ1) is 20.6. The SMILES string of the molecule is CC(=O)N1CCC(C(=O)NCCCN2CCN(c3cccc(C)c3)CC2)CC1. The summed E-state index contributed by atoms with van der Waals surface area (Å²) in [6.45, 7) is 11.2. The van der Waals surface area contributed by atoms with E-state index in [0.717, 1.165) is 58.5 Å². The molecule has 154 valence electrons. The van der Waals surface area contributed by atoms with Crippen LogP contribution in [0.5, 0.6) is 0 Å². The van der Waals surface area contributed by atoms with E-state index in [4.69, 9.17) is 0 Å². The van der Waals surface area contributed by atoms with Crippen LogP contribution in [0.4, 0.5) is 5.69 Å². The van der Waals surface area contributed by atoms with Crippen molar-refractivity contribution in [3.8, 4) is 0 Å². The maximum atomic E-state index is 12.3. The van der Waals surface area contributed by atoms with Crippen LogP contribution in [0.2, 0.25) is 0 Å². The van der Waals surface area contributed by atoms with Crippen LogP contribution >= 0.6 is 0 Å². The predicted octanol–water partition coefficient (Wildman–Crippen LogP) is 1.88. The number of carbonyl (C=O) groups is 2. The van der Waals surface area contributed by atoms with Gasteiger partial charge in [0.25, 0.3) is 0 Å². The van der Waals surface area contributed by atoms with Crippen LogP contribution in [0.15, 0.2) is 24.3 Å². The molecule has 2 aliphatic rings. The topological polar surface area (TPSA) is 55.9 Å². The molecule has 2 saturated heterocycles. The number of benzene rings is 1. The quantitative estimate of drug-likeness (QED) is 0.759. The minimum Gasteiger partial charge on any atom is -0.369 e. The molecular weight excluding hydrogens is 352 g/mol. The van der Waals surface area contributed by atoms with Crippen molar-refractivity contribution < 1.29 is 9.59 Å². The molecule has 2 heterocycles. The first-order chi connectivity index (χ1) is 13.5. The van der Waals surface area contributed by atoms with Gasteiger partial charge in [-0.2, -0.15) is 0 Å². The summed E-state index contributed by atoms with van der Waals surface area (Å²) < 4.78 is 0. The number of rotatable bonds is 6. The van der Waals surface area contributed by atoms with E-state index < -0.39 is 0 Å². The highest BCUT2D eigenvalue weighted by Gasteiger charge is 2.25. The molecule has 2 aliphatic heterocycles. The third-order valence-corrected chi connectivity index (χ3v) is 6.00. The molecule has 0 aromatic heterocycles. The molecule has 2 amide bonds. The third-order valence-electron chi connectivity index (χ3n) is 6.00. The fourth-order valence-corrected chi connectivity index (χ4v) is 4.17. The number of carbonyl (C=O) groups excluding carboxylic acids is 2. The summed E-state index contributed by atoms with van der Waals surface area (Å²) in [5, 5.41) is 3.10. The lowest BCUT2D eigenvalue weighted by Crippen LogP contribution is -2.47. The van der Waals surface area contributed by atoms with E-state index in [9.17, 15) is 9.59 Å². The Morgan fingerprint density at radius 1 is 1.07 bits per heavy atom. The molecule has 0 radical (unpaired) electrons. The van der Waals surface area contributed by atoms with E-state index in [0.29, 0.717) is 13.1 Å². The predicted molar refractivity (Wildman–Crippen MR) is 112 cm³/mol. The summed E-state index contributed by atoms with van der Waals surface area (Å²) in [5.74, 6) is 0.335. The van der Waals surface area contributed by atoms with Gasteiger partial charge >= 0.3 is 0 Å². The van der Waals surface area contributed by atoms with Gasteiger partial charge in [0.15, 0.2) is 0 Å². The van der Waals surface area contributed by atoms with Gasteiger partial charge in [0.05, 0.1) is 0 Å². The van der Waals surface area contributed by atoms with Crippen LogP contribution in [-0.4, -0.2) is 74.0 Å². The zero-order valence-electron chi connectivity index (χ0n) is 17.3. The molecule has 0 unspecified atom stereocenters. The lowest BCUT2D eigenvalue weighted by molar-refractivity contribution is -0.133. The van der Waals surface area contributed by atoms with Crippen molar-refractivity contribution in [3.05, 3.63) is 29.8 Å². The van der Waals surface area contributed by atoms with E-state index in [1.54, 1.807) is 6.92 Å². The lowest BCUT2D eigenvalue weighted by Gasteiger charge is -2.36. The Morgan fingerprint density at radius 2 is 1.79 bits per heavy atom. The highest BCUT2D eigenvalue weighted by molar-refractivity contribution is 5.79. The Balaban J connectivity index is 1.29. The van der Waals surface area contributed by atoms with Crippen molar-refractivity contribution in [3.63, 3.8) is 0 Å². The largest absolute Gasteiger partial charge is 0.369 e. The van der Waals surface area contributed by atoms with Gasteiger partial charge in [-0.15, -0.1) is 0 Å². The van der Waals surface area contributed by atoms with Crippen molar-refractivity contribution in [1.82, 2.24) is 15.1 Å². The molecule has 6 heteroatoms. The van der Waals surface area contributed by atoms with Crippen LogP contribution in [0.3, 0.4) is 0 Å². The molecule has 0 spiro atoms. The van der Waals surface area contributed by atoms with Crippen LogP contribution in [0.1, 0.15) is 31.7 Å². The van der Waals surface area contributed by atoms with E-state index in [1.807, 2.05) is 4.90 Å². The number of nitrogens with one attached hydrogen (secondary N) is 1. The number of piperidine rings is 1. The molecule has 0 atom stereocenters. The van der Waals surface area contributed by atoms with Gasteiger partial charge in [-0.05, 0) is 50.4 Å². The van der Waals surface area contributed by atoms with Gasteiger partial charge in [0.1, 0.15) is 0 Å². The van der Waals surface area contributed by atoms with E-state index in [1.165, 1.54) is 11.3 Å². The van der Waals surface area contributed by atoms with E-state index in [-0.39, 0.29) is 17.7 Å². The molecule has 6 nitrogen and oxygen atoms in total. The fourth-order valence-electron chi connectivity index (χ4n) is 4.17. The highest BCUT2D eigenvalue weighted by Crippen LogP contribution is 2.18. The summed E-state index contributed by atoms with van der Waals surface area (Å²) in [7, 11) is 0. The molecule has 2 fully saturated rings. The Labute approximate surface area is 168 Å². The fraction of sp³-hybridized carbons (Fsp3) is 0.636. The summed E-state index contributed by atoms with van der Waals surface area (Å²) in [6, 6.07) is 8.72. The van der Waals surface area contributed by atoms with Crippen molar-refractivity contribution in [1.29, 1.82) is 0 Å². The number of hydrogen-bond donors (Lipinski definition) is 1. The Hall–Kier alpha value is -2.08. The number of aryl methyl sites for hydroxylation is 1. The second kappa shape index (κ2) is 9.92. The number of amides is 2. The van der Waals surface area contributed by atoms with E-state index >= 15 is 0 Å². The van der Waals surface area contributed by atoms with Gasteiger partial charge in [0.2, 0.25) is 11.8 Å². The first-order valence-corrected chi connectivity index (χ1v) is 10.6. The van der Waals surface area contributed by atoms with Gasteiger partial charge in [0, 0.05) is 64.3 Å². The van der Waals surface area contributed by atoms with E-state index in [2.05, 4.69) is 46.3 Å².